The molecular weight excluding hydrogens is 432 g/mol. The molecule has 8 heteroatoms. The van der Waals surface area contributed by atoms with Crippen LogP contribution >= 0.6 is 11.3 Å². The average molecular weight is 457 g/mol. The molecule has 2 atom stereocenters. The smallest absolute Gasteiger partial charge is 0.184 e. The third kappa shape index (κ3) is 4.07. The van der Waals surface area contributed by atoms with Gasteiger partial charge in [0.25, 0.3) is 0 Å². The number of hydrogen-bond acceptors (Lipinski definition) is 7. The second kappa shape index (κ2) is 8.53. The van der Waals surface area contributed by atoms with Crippen molar-refractivity contribution in [1.82, 2.24) is 24.5 Å². The molecule has 0 saturated heterocycles. The highest BCUT2D eigenvalue weighted by molar-refractivity contribution is 7.22. The van der Waals surface area contributed by atoms with Crippen LogP contribution in [-0.2, 0) is 6.54 Å². The van der Waals surface area contributed by atoms with Gasteiger partial charge in [-0.15, -0.1) is 0 Å². The third-order valence-electron chi connectivity index (χ3n) is 6.29. The molecule has 33 heavy (non-hydrogen) atoms. The maximum absolute atomic E-state index is 10.3. The summed E-state index contributed by atoms with van der Waals surface area (Å²) in [5.74, 6) is 0. The molecule has 0 radical (unpaired) electrons. The van der Waals surface area contributed by atoms with Crippen molar-refractivity contribution in [2.45, 2.75) is 44.4 Å². The minimum atomic E-state index is -0.290. The van der Waals surface area contributed by atoms with Crippen LogP contribution in [0.15, 0.2) is 61.3 Å². The number of aliphatic hydroxyl groups excluding tert-OH is 1. The first-order chi connectivity index (χ1) is 16.2. The highest BCUT2D eigenvalue weighted by atomic mass is 32.1. The molecule has 4 aromatic heterocycles. The minimum Gasteiger partial charge on any atom is -0.391 e. The average Bonchev–Trinajstić information content (AvgIpc) is 3.44. The van der Waals surface area contributed by atoms with E-state index in [0.717, 1.165) is 63.3 Å². The molecule has 1 aliphatic carbocycles. The summed E-state index contributed by atoms with van der Waals surface area (Å²) in [7, 11) is 0. The van der Waals surface area contributed by atoms with Crippen LogP contribution in [-0.4, -0.2) is 41.8 Å². The molecule has 2 N–H and O–H groups in total. The maximum Gasteiger partial charge on any atom is 0.184 e. The van der Waals surface area contributed by atoms with Gasteiger partial charge in [-0.25, -0.2) is 15.0 Å². The molecule has 6 rings (SSSR count). The van der Waals surface area contributed by atoms with E-state index in [-0.39, 0.29) is 12.1 Å². The number of aliphatic hydroxyl groups is 1. The van der Waals surface area contributed by atoms with E-state index in [2.05, 4.69) is 49.1 Å². The van der Waals surface area contributed by atoms with Gasteiger partial charge in [-0.2, -0.15) is 0 Å². The van der Waals surface area contributed by atoms with Gasteiger partial charge in [-0.3, -0.25) is 4.98 Å². The summed E-state index contributed by atoms with van der Waals surface area (Å²) in [4.78, 5) is 18.2. The number of fused-ring (bicyclic) bond motifs is 2. The van der Waals surface area contributed by atoms with Crippen LogP contribution < -0.4 is 5.32 Å². The number of benzene rings is 1. The fraction of sp³-hybridized carbons (Fsp3) is 0.280. The number of nitrogens with zero attached hydrogens (tertiary/aromatic N) is 5. The van der Waals surface area contributed by atoms with E-state index < -0.39 is 0 Å². The van der Waals surface area contributed by atoms with Crippen molar-refractivity contribution in [2.24, 2.45) is 0 Å². The van der Waals surface area contributed by atoms with Crippen LogP contribution in [0.1, 0.15) is 31.2 Å². The Bertz CT molecular complexity index is 1410. The van der Waals surface area contributed by atoms with Gasteiger partial charge in [0.15, 0.2) is 10.8 Å². The lowest BCUT2D eigenvalue weighted by molar-refractivity contribution is 0.116. The van der Waals surface area contributed by atoms with Crippen molar-refractivity contribution in [3.05, 3.63) is 66.9 Å². The van der Waals surface area contributed by atoms with E-state index in [0.29, 0.717) is 6.54 Å². The number of anilines is 1. The lowest BCUT2D eigenvalue weighted by Gasteiger charge is -2.27. The Morgan fingerprint density at radius 1 is 1.03 bits per heavy atom. The van der Waals surface area contributed by atoms with Crippen molar-refractivity contribution >= 4 is 37.8 Å². The number of nitrogens with one attached hydrogen (secondary N) is 1. The normalized spacial score (nSPS) is 18.7. The van der Waals surface area contributed by atoms with Gasteiger partial charge >= 0.3 is 0 Å². The third-order valence-corrected chi connectivity index (χ3v) is 7.24. The van der Waals surface area contributed by atoms with Gasteiger partial charge in [0.2, 0.25) is 0 Å². The lowest BCUT2D eigenvalue weighted by Crippen LogP contribution is -2.36. The number of imidazole rings is 1. The Hall–Kier alpha value is -3.36. The van der Waals surface area contributed by atoms with Gasteiger partial charge in [0.1, 0.15) is 5.52 Å². The topological polar surface area (TPSA) is 88.8 Å². The first-order valence-corrected chi connectivity index (χ1v) is 12.1. The largest absolute Gasteiger partial charge is 0.391 e. The fourth-order valence-electron chi connectivity index (χ4n) is 4.52. The predicted molar refractivity (Wildman–Crippen MR) is 131 cm³/mol. The number of rotatable bonds is 5. The Kier molecular flexibility index (Phi) is 5.24. The molecule has 1 fully saturated rings. The van der Waals surface area contributed by atoms with Crippen molar-refractivity contribution in [3.63, 3.8) is 0 Å². The lowest BCUT2D eigenvalue weighted by atomic mass is 9.93. The first-order valence-electron chi connectivity index (χ1n) is 11.3. The monoisotopic (exact) mass is 456 g/mol. The Morgan fingerprint density at radius 3 is 2.85 bits per heavy atom. The van der Waals surface area contributed by atoms with Gasteiger partial charge < -0.3 is 15.0 Å². The van der Waals surface area contributed by atoms with Crippen LogP contribution in [0, 0.1) is 0 Å². The van der Waals surface area contributed by atoms with E-state index in [1.165, 1.54) is 5.56 Å². The maximum atomic E-state index is 10.3. The fourth-order valence-corrected chi connectivity index (χ4v) is 5.51. The second-order valence-corrected chi connectivity index (χ2v) is 9.64. The zero-order valence-corrected chi connectivity index (χ0v) is 18.9. The standard InChI is InChI=1S/C25H24N6OS/c32-22-6-2-1-5-19(22)29-25-30-20-8-7-16(10-23(20)33-25)14-31-15-28-21-11-18(13-27-24(21)31)17-4-3-9-26-12-17/h3-4,7-13,15,19,22,32H,1-2,5-6,14H2,(H,29,30)/t19-,22-/m1/s1. The molecule has 0 aliphatic heterocycles. The molecule has 1 saturated carbocycles. The van der Waals surface area contributed by atoms with E-state index in [1.807, 2.05) is 30.9 Å². The summed E-state index contributed by atoms with van der Waals surface area (Å²) in [5.41, 5.74) is 5.92. The number of hydrogen-bond donors (Lipinski definition) is 2. The van der Waals surface area contributed by atoms with Crippen molar-refractivity contribution in [3.8, 4) is 11.1 Å². The van der Waals surface area contributed by atoms with E-state index in [4.69, 9.17) is 4.98 Å². The molecule has 1 aromatic carbocycles. The predicted octanol–water partition coefficient (Wildman–Crippen LogP) is 4.87. The first kappa shape index (κ1) is 20.3. The SMILES string of the molecule is O[C@@H]1CCCC[C@H]1Nc1nc2ccc(Cn3cnc4cc(-c5cccnc5)cnc43)cc2s1. The highest BCUT2D eigenvalue weighted by Crippen LogP contribution is 2.30. The number of pyridine rings is 2. The Labute approximate surface area is 195 Å². The molecule has 0 unspecified atom stereocenters. The molecule has 0 bridgehead atoms. The quantitative estimate of drug-likeness (QED) is 0.392. The van der Waals surface area contributed by atoms with Crippen molar-refractivity contribution in [2.75, 3.05) is 5.32 Å². The molecule has 5 aromatic rings. The summed E-state index contributed by atoms with van der Waals surface area (Å²) in [6, 6.07) is 12.5. The highest BCUT2D eigenvalue weighted by Gasteiger charge is 2.23. The van der Waals surface area contributed by atoms with E-state index in [1.54, 1.807) is 17.5 Å². The van der Waals surface area contributed by atoms with Crippen LogP contribution in [0.4, 0.5) is 5.13 Å². The van der Waals surface area contributed by atoms with Gasteiger partial charge in [-0.1, -0.05) is 36.3 Å². The Balaban J connectivity index is 1.23. The number of thiazole rings is 1. The van der Waals surface area contributed by atoms with Crippen LogP contribution in [0.3, 0.4) is 0 Å². The minimum absolute atomic E-state index is 0.0960. The van der Waals surface area contributed by atoms with Crippen LogP contribution in [0.25, 0.3) is 32.5 Å². The van der Waals surface area contributed by atoms with Crippen molar-refractivity contribution < 1.29 is 5.11 Å². The van der Waals surface area contributed by atoms with Crippen LogP contribution in [0.5, 0.6) is 0 Å². The summed E-state index contributed by atoms with van der Waals surface area (Å²) < 4.78 is 3.21. The molecule has 166 valence electrons. The Morgan fingerprint density at radius 2 is 1.97 bits per heavy atom. The summed E-state index contributed by atoms with van der Waals surface area (Å²) in [6.07, 6.45) is 11.1. The van der Waals surface area contributed by atoms with E-state index >= 15 is 0 Å². The summed E-state index contributed by atoms with van der Waals surface area (Å²) in [6.45, 7) is 0.688. The van der Waals surface area contributed by atoms with Crippen LogP contribution in [0.2, 0.25) is 0 Å². The second-order valence-electron chi connectivity index (χ2n) is 8.60. The van der Waals surface area contributed by atoms with Crippen molar-refractivity contribution in [1.29, 1.82) is 0 Å². The molecule has 0 spiro atoms. The van der Waals surface area contributed by atoms with E-state index in [9.17, 15) is 5.11 Å². The molecule has 4 heterocycles. The molecule has 0 amide bonds. The number of aromatic nitrogens is 5. The molecular formula is C25H24N6OS. The zero-order valence-electron chi connectivity index (χ0n) is 18.1. The molecule has 1 aliphatic rings. The van der Waals surface area contributed by atoms with Gasteiger partial charge in [-0.05, 0) is 42.7 Å². The summed E-state index contributed by atoms with van der Waals surface area (Å²) in [5, 5.41) is 14.6. The van der Waals surface area contributed by atoms with Gasteiger partial charge in [0.05, 0.1) is 35.2 Å². The van der Waals surface area contributed by atoms with Gasteiger partial charge in [0, 0.05) is 29.7 Å². The molecule has 7 nitrogen and oxygen atoms in total. The summed E-state index contributed by atoms with van der Waals surface area (Å²) >= 11 is 1.64. The zero-order chi connectivity index (χ0) is 22.2.